The van der Waals surface area contributed by atoms with Crippen LogP contribution in [0.25, 0.3) is 5.69 Å². The molecule has 0 unspecified atom stereocenters. The number of nitrogens with two attached hydrogens (primary N) is 1. The average Bonchev–Trinajstić information content (AvgIpc) is 3.14. The Kier molecular flexibility index (Phi) is 6.54. The molecule has 10 heteroatoms. The van der Waals surface area contributed by atoms with Crippen LogP contribution in [0.4, 0.5) is 11.4 Å². The maximum Gasteiger partial charge on any atom is 0.240 e. The molecule has 32 heavy (non-hydrogen) atoms. The van der Waals surface area contributed by atoms with E-state index in [1.165, 1.54) is 16.8 Å². The minimum atomic E-state index is -4.13. The number of hydrogen-bond donors (Lipinski definition) is 2. The molecule has 8 nitrogen and oxygen atoms in total. The molecule has 0 atom stereocenters. The zero-order valence-electron chi connectivity index (χ0n) is 18.0. The summed E-state index contributed by atoms with van der Waals surface area (Å²) in [4.78, 5) is 16.3. The van der Waals surface area contributed by atoms with E-state index in [4.69, 9.17) is 16.7 Å². The molecule has 0 spiro atoms. The van der Waals surface area contributed by atoms with E-state index >= 15 is 0 Å². The molecule has 168 valence electrons. The van der Waals surface area contributed by atoms with Crippen molar-refractivity contribution in [2.75, 3.05) is 5.32 Å². The van der Waals surface area contributed by atoms with Gasteiger partial charge in [0, 0.05) is 16.1 Å². The van der Waals surface area contributed by atoms with Gasteiger partial charge in [0.15, 0.2) is 0 Å². The molecular formula is C22H24ClN5O3S. The molecule has 0 saturated carbocycles. The Balaban J connectivity index is 1.97. The number of benzene rings is 2. The van der Waals surface area contributed by atoms with Crippen molar-refractivity contribution < 1.29 is 13.2 Å². The molecule has 1 heterocycles. The van der Waals surface area contributed by atoms with Crippen LogP contribution in [-0.2, 0) is 26.7 Å². The predicted octanol–water partition coefficient (Wildman–Crippen LogP) is 3.98. The average molecular weight is 474 g/mol. The Bertz CT molecular complexity index is 1290. The quantitative estimate of drug-likeness (QED) is 0.526. The Hall–Kier alpha value is -3.01. The number of sulfonamides is 1. The first-order chi connectivity index (χ1) is 14.9. The number of carbonyl (C=O) groups excluding carboxylic acids is 1. The molecule has 1 amide bonds. The van der Waals surface area contributed by atoms with Crippen molar-refractivity contribution in [3.05, 3.63) is 64.9 Å². The number of aromatic nitrogens is 2. The fourth-order valence-electron chi connectivity index (χ4n) is 3.17. The number of rotatable bonds is 6. The number of halogens is 1. The minimum Gasteiger partial charge on any atom is -0.326 e. The monoisotopic (exact) mass is 473 g/mol. The lowest BCUT2D eigenvalue weighted by Gasteiger charge is -2.16. The first kappa shape index (κ1) is 23.6. The number of anilines is 1. The van der Waals surface area contributed by atoms with Crippen LogP contribution in [0.2, 0.25) is 5.02 Å². The minimum absolute atomic E-state index is 0.0363. The smallest absolute Gasteiger partial charge is 0.240 e. The van der Waals surface area contributed by atoms with Gasteiger partial charge in [0.25, 0.3) is 0 Å². The van der Waals surface area contributed by atoms with Gasteiger partial charge in [0.05, 0.1) is 24.0 Å². The molecule has 1 aromatic heterocycles. The van der Waals surface area contributed by atoms with Crippen molar-refractivity contribution >= 4 is 45.6 Å². The molecule has 0 saturated heterocycles. The molecule has 0 aliphatic carbocycles. The van der Waals surface area contributed by atoms with Crippen LogP contribution in [0, 0.1) is 0 Å². The highest BCUT2D eigenvalue weighted by atomic mass is 35.5. The summed E-state index contributed by atoms with van der Waals surface area (Å²) in [5.41, 5.74) is 2.03. The SMILES string of the molecule is C=Nc1cn(-c2ccc(NC(=O)Cc3ccccc3Cl)cc2S(N)(=O)=O)nc1C(C)(C)C. The molecule has 3 N–H and O–H groups in total. The summed E-state index contributed by atoms with van der Waals surface area (Å²) in [6, 6.07) is 11.4. The van der Waals surface area contributed by atoms with Crippen LogP contribution in [0.3, 0.4) is 0 Å². The van der Waals surface area contributed by atoms with Crippen LogP contribution in [0.15, 0.2) is 58.5 Å². The number of amides is 1. The highest BCUT2D eigenvalue weighted by molar-refractivity contribution is 7.89. The molecular weight excluding hydrogens is 450 g/mol. The van der Waals surface area contributed by atoms with Gasteiger partial charge in [-0.1, -0.05) is 50.6 Å². The van der Waals surface area contributed by atoms with Crippen LogP contribution in [0.5, 0.6) is 0 Å². The number of nitrogens with zero attached hydrogens (tertiary/aromatic N) is 3. The molecule has 0 fully saturated rings. The summed E-state index contributed by atoms with van der Waals surface area (Å²) < 4.78 is 26.1. The predicted molar refractivity (Wildman–Crippen MR) is 127 cm³/mol. The number of carbonyl (C=O) groups is 1. The van der Waals surface area contributed by atoms with Gasteiger partial charge in [-0.2, -0.15) is 5.10 Å². The lowest BCUT2D eigenvalue weighted by atomic mass is 9.91. The second kappa shape index (κ2) is 8.85. The summed E-state index contributed by atoms with van der Waals surface area (Å²) in [5, 5.41) is 13.1. The molecule has 0 aliphatic rings. The van der Waals surface area contributed by atoms with E-state index in [1.807, 2.05) is 20.8 Å². The molecule has 0 aliphatic heterocycles. The van der Waals surface area contributed by atoms with Crippen molar-refractivity contribution in [2.24, 2.45) is 10.1 Å². The maximum atomic E-state index is 12.5. The maximum absolute atomic E-state index is 12.5. The Morgan fingerprint density at radius 3 is 2.50 bits per heavy atom. The fourth-order valence-corrected chi connectivity index (χ4v) is 4.11. The highest BCUT2D eigenvalue weighted by Gasteiger charge is 2.25. The first-order valence-corrected chi connectivity index (χ1v) is 11.6. The zero-order chi connectivity index (χ0) is 23.7. The van der Waals surface area contributed by atoms with Crippen LogP contribution in [0.1, 0.15) is 32.0 Å². The third-order valence-electron chi connectivity index (χ3n) is 4.68. The van der Waals surface area contributed by atoms with Gasteiger partial charge in [-0.05, 0) is 36.5 Å². The lowest BCUT2D eigenvalue weighted by Crippen LogP contribution is -2.19. The fraction of sp³-hybridized carbons (Fsp3) is 0.227. The number of hydrogen-bond acceptors (Lipinski definition) is 5. The summed E-state index contributed by atoms with van der Waals surface area (Å²) in [7, 11) is -4.13. The molecule has 3 aromatic rings. The van der Waals surface area contributed by atoms with E-state index in [1.54, 1.807) is 36.5 Å². The van der Waals surface area contributed by atoms with Gasteiger partial charge in [0.2, 0.25) is 15.9 Å². The second-order valence-corrected chi connectivity index (χ2v) is 10.2. The second-order valence-electron chi connectivity index (χ2n) is 8.26. The number of primary sulfonamides is 1. The molecule has 0 radical (unpaired) electrons. The van der Waals surface area contributed by atoms with Crippen LogP contribution >= 0.6 is 11.6 Å². The normalized spacial score (nSPS) is 11.9. The number of aliphatic imine (C=N–C) groups is 1. The van der Waals surface area contributed by atoms with E-state index in [0.717, 1.165) is 0 Å². The van der Waals surface area contributed by atoms with E-state index in [-0.39, 0.29) is 34.0 Å². The van der Waals surface area contributed by atoms with Crippen LogP contribution < -0.4 is 10.5 Å². The van der Waals surface area contributed by atoms with E-state index in [2.05, 4.69) is 22.1 Å². The topological polar surface area (TPSA) is 119 Å². The third kappa shape index (κ3) is 5.24. The van der Waals surface area contributed by atoms with Gasteiger partial charge < -0.3 is 5.32 Å². The summed E-state index contributed by atoms with van der Waals surface area (Å²) in [6.45, 7) is 9.46. The van der Waals surface area contributed by atoms with Crippen molar-refractivity contribution in [2.45, 2.75) is 37.5 Å². The van der Waals surface area contributed by atoms with Crippen molar-refractivity contribution in [3.63, 3.8) is 0 Å². The number of nitrogens with one attached hydrogen (secondary N) is 1. The Morgan fingerprint density at radius 1 is 1.25 bits per heavy atom. The van der Waals surface area contributed by atoms with E-state index < -0.39 is 10.0 Å². The molecule has 0 bridgehead atoms. The van der Waals surface area contributed by atoms with Crippen LogP contribution in [-0.4, -0.2) is 30.8 Å². The van der Waals surface area contributed by atoms with Gasteiger partial charge in [-0.15, -0.1) is 0 Å². The third-order valence-corrected chi connectivity index (χ3v) is 5.99. The molecule has 3 rings (SSSR count). The summed E-state index contributed by atoms with van der Waals surface area (Å²) in [6.07, 6.45) is 1.63. The Labute approximate surface area is 192 Å². The van der Waals surface area contributed by atoms with Gasteiger partial charge in [-0.3, -0.25) is 9.79 Å². The van der Waals surface area contributed by atoms with Gasteiger partial charge in [-0.25, -0.2) is 18.2 Å². The van der Waals surface area contributed by atoms with Crippen molar-refractivity contribution in [1.82, 2.24) is 9.78 Å². The lowest BCUT2D eigenvalue weighted by molar-refractivity contribution is -0.115. The Morgan fingerprint density at radius 2 is 1.94 bits per heavy atom. The van der Waals surface area contributed by atoms with Crippen molar-refractivity contribution in [1.29, 1.82) is 0 Å². The van der Waals surface area contributed by atoms with E-state index in [9.17, 15) is 13.2 Å². The van der Waals surface area contributed by atoms with Gasteiger partial charge >= 0.3 is 0 Å². The standard InChI is InChI=1S/C22H24ClN5O3S/c1-22(2,3)21-17(25-4)13-28(27-21)18-10-9-15(12-19(18)32(24,30)31)26-20(29)11-14-7-5-6-8-16(14)23/h5-10,12-13H,4,11H2,1-3H3,(H,26,29)(H2,24,30,31). The van der Waals surface area contributed by atoms with Gasteiger partial charge in [0.1, 0.15) is 10.6 Å². The highest BCUT2D eigenvalue weighted by Crippen LogP contribution is 2.32. The largest absolute Gasteiger partial charge is 0.326 e. The van der Waals surface area contributed by atoms with Crippen molar-refractivity contribution in [3.8, 4) is 5.69 Å². The van der Waals surface area contributed by atoms with E-state index in [0.29, 0.717) is 22.0 Å². The zero-order valence-corrected chi connectivity index (χ0v) is 19.5. The molecule has 2 aromatic carbocycles. The summed E-state index contributed by atoms with van der Waals surface area (Å²) >= 11 is 6.11. The summed E-state index contributed by atoms with van der Waals surface area (Å²) in [5.74, 6) is -0.349. The first-order valence-electron chi connectivity index (χ1n) is 9.67.